The van der Waals surface area contributed by atoms with E-state index in [1.165, 1.54) is 32.0 Å². The molecule has 17 heavy (non-hydrogen) atoms. The van der Waals surface area contributed by atoms with Crippen molar-refractivity contribution in [2.75, 3.05) is 17.6 Å². The van der Waals surface area contributed by atoms with Crippen LogP contribution in [0.15, 0.2) is 10.8 Å². The van der Waals surface area contributed by atoms with Crippen molar-refractivity contribution < 1.29 is 0 Å². The van der Waals surface area contributed by atoms with Gasteiger partial charge in [0.05, 0.1) is 0 Å². The molecule has 2 rings (SSSR count). The molecule has 1 aromatic heterocycles. The Kier molecular flexibility index (Phi) is 4.20. The van der Waals surface area contributed by atoms with Gasteiger partial charge in [-0.3, -0.25) is 0 Å². The van der Waals surface area contributed by atoms with Gasteiger partial charge in [0.1, 0.15) is 22.4 Å². The number of hydrogen-bond acceptors (Lipinski definition) is 4. The summed E-state index contributed by atoms with van der Waals surface area (Å²) in [6.45, 7) is 3.31. The Balaban J connectivity index is 1.87. The van der Waals surface area contributed by atoms with Gasteiger partial charge in [-0.05, 0) is 40.6 Å². The molecule has 0 amide bonds. The maximum atomic E-state index is 5.71. The lowest BCUT2D eigenvalue weighted by Gasteiger charge is -2.26. The molecule has 0 bridgehead atoms. The Hall–Kier alpha value is -0.840. The number of nitrogens with zero attached hydrogens (tertiary/aromatic N) is 2. The van der Waals surface area contributed by atoms with Gasteiger partial charge in [-0.25, -0.2) is 9.97 Å². The van der Waals surface area contributed by atoms with Crippen molar-refractivity contribution in [2.24, 2.45) is 11.8 Å². The van der Waals surface area contributed by atoms with Crippen molar-refractivity contribution in [2.45, 2.75) is 32.6 Å². The molecule has 0 unspecified atom stereocenters. The number of nitrogens with two attached hydrogens (primary N) is 1. The van der Waals surface area contributed by atoms with E-state index in [0.717, 1.165) is 28.7 Å². The molecule has 94 valence electrons. The van der Waals surface area contributed by atoms with Gasteiger partial charge in [0.2, 0.25) is 0 Å². The van der Waals surface area contributed by atoms with Gasteiger partial charge >= 0.3 is 0 Å². The molecule has 5 heteroatoms. The third-order valence-corrected chi connectivity index (χ3v) is 4.29. The second-order valence-corrected chi connectivity index (χ2v) is 5.72. The predicted molar refractivity (Wildman–Crippen MR) is 73.8 cm³/mol. The number of hydrogen-bond donors (Lipinski definition) is 2. The third-order valence-electron chi connectivity index (χ3n) is 3.51. The molecule has 1 saturated carbocycles. The van der Waals surface area contributed by atoms with E-state index in [1.54, 1.807) is 0 Å². The topological polar surface area (TPSA) is 63.8 Å². The molecule has 1 aliphatic rings. The monoisotopic (exact) mass is 298 g/mol. The summed E-state index contributed by atoms with van der Waals surface area (Å²) >= 11 is 3.40. The highest BCUT2D eigenvalue weighted by molar-refractivity contribution is 9.10. The second-order valence-electron chi connectivity index (χ2n) is 4.93. The molecule has 0 aliphatic heterocycles. The fourth-order valence-corrected chi connectivity index (χ4v) is 2.63. The zero-order valence-corrected chi connectivity index (χ0v) is 11.7. The summed E-state index contributed by atoms with van der Waals surface area (Å²) in [5.41, 5.74) is 5.71. The maximum Gasteiger partial charge on any atom is 0.145 e. The number of nitrogens with one attached hydrogen (secondary N) is 1. The molecule has 0 aromatic carbocycles. The first-order chi connectivity index (χ1) is 8.16. The normalized spacial score (nSPS) is 24.6. The molecular weight excluding hydrogens is 280 g/mol. The maximum absolute atomic E-state index is 5.71. The molecular formula is C12H19BrN4. The summed E-state index contributed by atoms with van der Waals surface area (Å²) in [6.07, 6.45) is 6.81. The number of halogens is 1. The fourth-order valence-electron chi connectivity index (χ4n) is 2.28. The van der Waals surface area contributed by atoms with Gasteiger partial charge in [-0.2, -0.15) is 0 Å². The van der Waals surface area contributed by atoms with Gasteiger partial charge in [0, 0.05) is 6.54 Å². The Morgan fingerprint density at radius 3 is 2.76 bits per heavy atom. The van der Waals surface area contributed by atoms with E-state index >= 15 is 0 Å². The predicted octanol–water partition coefficient (Wildman–Crippen LogP) is 3.06. The van der Waals surface area contributed by atoms with Crippen molar-refractivity contribution in [3.63, 3.8) is 0 Å². The van der Waals surface area contributed by atoms with E-state index in [4.69, 9.17) is 5.73 Å². The van der Waals surface area contributed by atoms with Crippen LogP contribution in [0, 0.1) is 11.8 Å². The van der Waals surface area contributed by atoms with Crippen LogP contribution in [0.1, 0.15) is 32.6 Å². The number of rotatable bonds is 3. The van der Waals surface area contributed by atoms with Crippen molar-refractivity contribution in [3.05, 3.63) is 10.8 Å². The van der Waals surface area contributed by atoms with Gasteiger partial charge in [0.15, 0.2) is 0 Å². The van der Waals surface area contributed by atoms with Crippen LogP contribution in [0.25, 0.3) is 0 Å². The summed E-state index contributed by atoms with van der Waals surface area (Å²) < 4.78 is 0.768. The van der Waals surface area contributed by atoms with Gasteiger partial charge in [-0.1, -0.05) is 19.8 Å². The first-order valence-corrected chi connectivity index (χ1v) is 6.96. The van der Waals surface area contributed by atoms with Gasteiger partial charge < -0.3 is 11.1 Å². The molecule has 3 N–H and O–H groups in total. The smallest absolute Gasteiger partial charge is 0.145 e. The average molecular weight is 299 g/mol. The Labute approximate surface area is 111 Å². The lowest BCUT2D eigenvalue weighted by molar-refractivity contribution is 0.300. The van der Waals surface area contributed by atoms with Crippen LogP contribution in [0.3, 0.4) is 0 Å². The van der Waals surface area contributed by atoms with E-state index in [2.05, 4.69) is 38.1 Å². The SMILES string of the molecule is CC1CCC(CNc2ncnc(N)c2Br)CC1. The molecule has 1 fully saturated rings. The van der Waals surface area contributed by atoms with E-state index in [1.807, 2.05) is 0 Å². The highest BCUT2D eigenvalue weighted by Crippen LogP contribution is 2.29. The molecule has 0 atom stereocenters. The Morgan fingerprint density at radius 2 is 2.06 bits per heavy atom. The summed E-state index contributed by atoms with van der Waals surface area (Å²) in [4.78, 5) is 8.11. The highest BCUT2D eigenvalue weighted by atomic mass is 79.9. The lowest BCUT2D eigenvalue weighted by Crippen LogP contribution is -2.20. The quantitative estimate of drug-likeness (QED) is 0.900. The van der Waals surface area contributed by atoms with Crippen molar-refractivity contribution in [3.8, 4) is 0 Å². The van der Waals surface area contributed by atoms with E-state index < -0.39 is 0 Å². The summed E-state index contributed by atoms with van der Waals surface area (Å²) in [7, 11) is 0. The van der Waals surface area contributed by atoms with Crippen LogP contribution in [-0.2, 0) is 0 Å². The highest BCUT2D eigenvalue weighted by Gasteiger charge is 2.18. The van der Waals surface area contributed by atoms with E-state index in [9.17, 15) is 0 Å². The van der Waals surface area contributed by atoms with Gasteiger partial charge in [0.25, 0.3) is 0 Å². The molecule has 4 nitrogen and oxygen atoms in total. The first-order valence-electron chi connectivity index (χ1n) is 6.16. The fraction of sp³-hybridized carbons (Fsp3) is 0.667. The standard InChI is InChI=1S/C12H19BrN4/c1-8-2-4-9(5-3-8)6-15-12-10(13)11(14)16-7-17-12/h7-9H,2-6H2,1H3,(H3,14,15,16,17). The van der Waals surface area contributed by atoms with Crippen LogP contribution in [-0.4, -0.2) is 16.5 Å². The molecule has 0 spiro atoms. The van der Waals surface area contributed by atoms with Crippen LogP contribution in [0.4, 0.5) is 11.6 Å². The minimum Gasteiger partial charge on any atom is -0.383 e. The molecule has 1 aromatic rings. The average Bonchev–Trinajstić information content (AvgIpc) is 2.33. The molecule has 0 saturated heterocycles. The number of anilines is 2. The van der Waals surface area contributed by atoms with Crippen LogP contribution in [0.2, 0.25) is 0 Å². The minimum absolute atomic E-state index is 0.486. The zero-order chi connectivity index (χ0) is 12.3. The van der Waals surface area contributed by atoms with Crippen molar-refractivity contribution in [1.82, 2.24) is 9.97 Å². The Morgan fingerprint density at radius 1 is 1.35 bits per heavy atom. The van der Waals surface area contributed by atoms with Crippen molar-refractivity contribution >= 4 is 27.6 Å². The minimum atomic E-state index is 0.486. The number of aromatic nitrogens is 2. The lowest BCUT2D eigenvalue weighted by atomic mass is 9.83. The van der Waals surface area contributed by atoms with E-state index in [0.29, 0.717) is 5.82 Å². The molecule has 0 radical (unpaired) electrons. The van der Waals surface area contributed by atoms with Crippen LogP contribution < -0.4 is 11.1 Å². The Bertz CT molecular complexity index is 375. The summed E-state index contributed by atoms with van der Waals surface area (Å²) in [6, 6.07) is 0. The zero-order valence-electron chi connectivity index (χ0n) is 10.1. The summed E-state index contributed by atoms with van der Waals surface area (Å²) in [5.74, 6) is 2.94. The third kappa shape index (κ3) is 3.31. The second kappa shape index (κ2) is 5.67. The summed E-state index contributed by atoms with van der Waals surface area (Å²) in [5, 5.41) is 3.36. The molecule has 1 heterocycles. The number of nitrogen functional groups attached to an aromatic ring is 1. The largest absolute Gasteiger partial charge is 0.383 e. The first kappa shape index (κ1) is 12.6. The van der Waals surface area contributed by atoms with Crippen LogP contribution in [0.5, 0.6) is 0 Å². The van der Waals surface area contributed by atoms with Crippen LogP contribution >= 0.6 is 15.9 Å². The van der Waals surface area contributed by atoms with E-state index in [-0.39, 0.29) is 0 Å². The van der Waals surface area contributed by atoms with Gasteiger partial charge in [-0.15, -0.1) is 0 Å². The van der Waals surface area contributed by atoms with Crippen molar-refractivity contribution in [1.29, 1.82) is 0 Å². The molecule has 1 aliphatic carbocycles.